The normalized spacial score (nSPS) is 11.8. The van der Waals surface area contributed by atoms with Gasteiger partial charge in [-0.3, -0.25) is 4.79 Å². The summed E-state index contributed by atoms with van der Waals surface area (Å²) in [7, 11) is 1.62. The smallest absolute Gasteiger partial charge is 0.237 e. The van der Waals surface area contributed by atoms with Gasteiger partial charge in [-0.2, -0.15) is 0 Å². The minimum absolute atomic E-state index is 0.00478. The molecule has 0 aromatic heterocycles. The standard InChI is InChI=1S/C17H18BrNO2S/c1-12(22-11-13-4-3-5-14(18)10-13)17(20)19-15-6-8-16(21-2)9-7-15/h3-10,12H,11H2,1-2H3,(H,19,20)/t12-/m0/s1. The second-order valence-electron chi connectivity index (χ2n) is 4.80. The van der Waals surface area contributed by atoms with Crippen LogP contribution in [0.3, 0.4) is 0 Å². The van der Waals surface area contributed by atoms with Gasteiger partial charge in [-0.15, -0.1) is 11.8 Å². The summed E-state index contributed by atoms with van der Waals surface area (Å²) in [5.41, 5.74) is 1.98. The number of methoxy groups -OCH3 is 1. The summed E-state index contributed by atoms with van der Waals surface area (Å²) < 4.78 is 6.15. The quantitative estimate of drug-likeness (QED) is 0.788. The predicted octanol–water partition coefficient (Wildman–Crippen LogP) is 4.72. The average molecular weight is 380 g/mol. The Balaban J connectivity index is 1.86. The highest BCUT2D eigenvalue weighted by Gasteiger charge is 2.13. The van der Waals surface area contributed by atoms with Crippen LogP contribution in [-0.4, -0.2) is 18.3 Å². The molecule has 0 unspecified atom stereocenters. The molecular formula is C17H18BrNO2S. The van der Waals surface area contributed by atoms with Gasteiger partial charge in [-0.05, 0) is 48.9 Å². The highest BCUT2D eigenvalue weighted by Crippen LogP contribution is 2.22. The number of ether oxygens (including phenoxy) is 1. The third-order valence-corrected chi connectivity index (χ3v) is 4.82. The van der Waals surface area contributed by atoms with Crippen molar-refractivity contribution in [1.29, 1.82) is 0 Å². The molecule has 0 bridgehead atoms. The van der Waals surface area contributed by atoms with E-state index in [0.717, 1.165) is 21.7 Å². The number of amides is 1. The Morgan fingerprint density at radius 3 is 2.64 bits per heavy atom. The van der Waals surface area contributed by atoms with Crippen molar-refractivity contribution in [2.75, 3.05) is 12.4 Å². The molecule has 2 aromatic carbocycles. The van der Waals surface area contributed by atoms with Crippen LogP contribution < -0.4 is 10.1 Å². The number of hydrogen-bond acceptors (Lipinski definition) is 3. The Bertz CT molecular complexity index is 631. The molecule has 0 spiro atoms. The number of thioether (sulfide) groups is 1. The minimum Gasteiger partial charge on any atom is -0.497 e. The largest absolute Gasteiger partial charge is 0.497 e. The zero-order valence-corrected chi connectivity index (χ0v) is 14.9. The lowest BCUT2D eigenvalue weighted by molar-refractivity contribution is -0.115. The Labute approximate surface area is 143 Å². The van der Waals surface area contributed by atoms with E-state index in [1.165, 1.54) is 5.56 Å². The molecule has 5 heteroatoms. The van der Waals surface area contributed by atoms with Gasteiger partial charge in [0.1, 0.15) is 5.75 Å². The molecular weight excluding hydrogens is 362 g/mol. The second kappa shape index (κ2) is 8.25. The number of benzene rings is 2. The molecule has 0 saturated carbocycles. The predicted molar refractivity (Wildman–Crippen MR) is 96.5 cm³/mol. The van der Waals surface area contributed by atoms with Crippen molar-refractivity contribution in [1.82, 2.24) is 0 Å². The first-order valence-electron chi connectivity index (χ1n) is 6.89. The van der Waals surface area contributed by atoms with Crippen LogP contribution in [-0.2, 0) is 10.5 Å². The molecule has 0 saturated heterocycles. The first-order chi connectivity index (χ1) is 10.6. The van der Waals surface area contributed by atoms with Crippen molar-refractivity contribution in [3.05, 3.63) is 58.6 Å². The molecule has 0 heterocycles. The molecule has 0 fully saturated rings. The lowest BCUT2D eigenvalue weighted by Crippen LogP contribution is -2.22. The molecule has 116 valence electrons. The van der Waals surface area contributed by atoms with E-state index >= 15 is 0 Å². The van der Waals surface area contributed by atoms with E-state index in [9.17, 15) is 4.79 Å². The van der Waals surface area contributed by atoms with E-state index in [0.29, 0.717) is 0 Å². The maximum atomic E-state index is 12.2. The SMILES string of the molecule is COc1ccc(NC(=O)[C@H](C)SCc2cccc(Br)c2)cc1. The average Bonchev–Trinajstić information content (AvgIpc) is 2.53. The van der Waals surface area contributed by atoms with Crippen molar-refractivity contribution in [3.8, 4) is 5.75 Å². The summed E-state index contributed by atoms with van der Waals surface area (Å²) in [4.78, 5) is 12.2. The lowest BCUT2D eigenvalue weighted by Gasteiger charge is -2.12. The van der Waals surface area contributed by atoms with Crippen LogP contribution in [0.1, 0.15) is 12.5 Å². The van der Waals surface area contributed by atoms with E-state index in [4.69, 9.17) is 4.74 Å². The first kappa shape index (κ1) is 16.9. The molecule has 0 aliphatic rings. The number of anilines is 1. The first-order valence-corrected chi connectivity index (χ1v) is 8.73. The molecule has 2 rings (SSSR count). The monoisotopic (exact) mass is 379 g/mol. The Morgan fingerprint density at radius 1 is 1.27 bits per heavy atom. The number of rotatable bonds is 6. The van der Waals surface area contributed by atoms with Crippen LogP contribution in [0, 0.1) is 0 Å². The lowest BCUT2D eigenvalue weighted by atomic mass is 10.2. The van der Waals surface area contributed by atoms with Gasteiger partial charge in [0.05, 0.1) is 12.4 Å². The third-order valence-electron chi connectivity index (χ3n) is 3.12. The zero-order valence-electron chi connectivity index (χ0n) is 12.5. The van der Waals surface area contributed by atoms with Crippen LogP contribution >= 0.6 is 27.7 Å². The van der Waals surface area contributed by atoms with Crippen molar-refractivity contribution in [2.45, 2.75) is 17.9 Å². The van der Waals surface area contributed by atoms with Crippen LogP contribution in [0.4, 0.5) is 5.69 Å². The van der Waals surface area contributed by atoms with E-state index in [2.05, 4.69) is 33.4 Å². The van der Waals surface area contributed by atoms with Crippen LogP contribution in [0.2, 0.25) is 0 Å². The molecule has 22 heavy (non-hydrogen) atoms. The highest BCUT2D eigenvalue weighted by atomic mass is 79.9. The van der Waals surface area contributed by atoms with Crippen molar-refractivity contribution < 1.29 is 9.53 Å². The Morgan fingerprint density at radius 2 is 2.00 bits per heavy atom. The molecule has 0 aliphatic heterocycles. The number of carbonyl (C=O) groups excluding carboxylic acids is 1. The van der Waals surface area contributed by atoms with Gasteiger partial charge in [0.2, 0.25) is 5.91 Å². The van der Waals surface area contributed by atoms with Gasteiger partial charge >= 0.3 is 0 Å². The molecule has 1 N–H and O–H groups in total. The number of nitrogens with one attached hydrogen (secondary N) is 1. The van der Waals surface area contributed by atoms with Crippen LogP contribution in [0.5, 0.6) is 5.75 Å². The summed E-state index contributed by atoms with van der Waals surface area (Å²) in [5.74, 6) is 1.58. The van der Waals surface area contributed by atoms with Gasteiger partial charge in [-0.25, -0.2) is 0 Å². The van der Waals surface area contributed by atoms with Gasteiger partial charge in [0, 0.05) is 15.9 Å². The van der Waals surface area contributed by atoms with E-state index < -0.39 is 0 Å². The molecule has 0 radical (unpaired) electrons. The fourth-order valence-electron chi connectivity index (χ4n) is 1.84. The summed E-state index contributed by atoms with van der Waals surface area (Å²) >= 11 is 5.07. The third kappa shape index (κ3) is 5.07. The summed E-state index contributed by atoms with van der Waals surface area (Å²) in [6.45, 7) is 1.92. The molecule has 0 aliphatic carbocycles. The molecule has 1 atom stereocenters. The Kier molecular flexibility index (Phi) is 6.34. The zero-order chi connectivity index (χ0) is 15.9. The maximum absolute atomic E-state index is 12.2. The molecule has 3 nitrogen and oxygen atoms in total. The van der Waals surface area contributed by atoms with Gasteiger partial charge < -0.3 is 10.1 Å². The number of carbonyl (C=O) groups is 1. The summed E-state index contributed by atoms with van der Waals surface area (Å²) in [6, 6.07) is 15.5. The van der Waals surface area contributed by atoms with Crippen molar-refractivity contribution >= 4 is 39.3 Å². The number of hydrogen-bond donors (Lipinski definition) is 1. The van der Waals surface area contributed by atoms with Crippen molar-refractivity contribution in [2.24, 2.45) is 0 Å². The van der Waals surface area contributed by atoms with E-state index in [1.807, 2.05) is 43.3 Å². The topological polar surface area (TPSA) is 38.3 Å². The number of halogens is 1. The van der Waals surface area contributed by atoms with Crippen LogP contribution in [0.25, 0.3) is 0 Å². The highest BCUT2D eigenvalue weighted by molar-refractivity contribution is 9.10. The van der Waals surface area contributed by atoms with E-state index in [-0.39, 0.29) is 11.2 Å². The fraction of sp³-hybridized carbons (Fsp3) is 0.235. The Hall–Kier alpha value is -1.46. The fourth-order valence-corrected chi connectivity index (χ4v) is 3.12. The molecule has 2 aromatic rings. The van der Waals surface area contributed by atoms with Crippen molar-refractivity contribution in [3.63, 3.8) is 0 Å². The van der Waals surface area contributed by atoms with Gasteiger partial charge in [0.15, 0.2) is 0 Å². The maximum Gasteiger partial charge on any atom is 0.237 e. The van der Waals surface area contributed by atoms with E-state index in [1.54, 1.807) is 18.9 Å². The summed E-state index contributed by atoms with van der Waals surface area (Å²) in [5, 5.41) is 2.79. The minimum atomic E-state index is -0.124. The molecule has 1 amide bonds. The second-order valence-corrected chi connectivity index (χ2v) is 7.05. The summed E-state index contributed by atoms with van der Waals surface area (Å²) in [6.07, 6.45) is 0. The van der Waals surface area contributed by atoms with Gasteiger partial charge in [0.25, 0.3) is 0 Å². The van der Waals surface area contributed by atoms with Gasteiger partial charge in [-0.1, -0.05) is 28.1 Å². The van der Waals surface area contributed by atoms with Crippen LogP contribution in [0.15, 0.2) is 53.0 Å².